The van der Waals surface area contributed by atoms with Crippen molar-refractivity contribution < 1.29 is 14.3 Å². The number of ether oxygens (including phenoxy) is 2. The topological polar surface area (TPSA) is 54.9 Å². The number of amides is 1. The molecule has 2 fully saturated rings. The number of para-hydroxylation sites is 1. The Balaban J connectivity index is 1.20. The Kier molecular flexibility index (Phi) is 5.95. The van der Waals surface area contributed by atoms with Crippen LogP contribution >= 0.6 is 0 Å². The van der Waals surface area contributed by atoms with Crippen LogP contribution < -0.4 is 9.64 Å². The Hall–Kier alpha value is -3.12. The summed E-state index contributed by atoms with van der Waals surface area (Å²) in [5.41, 5.74) is 2.76. The van der Waals surface area contributed by atoms with Gasteiger partial charge in [-0.15, -0.1) is 0 Å². The number of hydrogen-bond donors (Lipinski definition) is 0. The number of methoxy groups -OCH3 is 1. The number of carbonyl (C=O) groups excluding carboxylic acids is 1. The number of hydrogen-bond acceptors (Lipinski definition) is 5. The van der Waals surface area contributed by atoms with Crippen molar-refractivity contribution in [2.24, 2.45) is 0 Å². The fraction of sp³-hybridized carbons (Fsp3) is 0.385. The van der Waals surface area contributed by atoms with E-state index in [1.165, 1.54) is 5.69 Å². The first-order chi connectivity index (χ1) is 15.7. The maximum absolute atomic E-state index is 13.1. The van der Waals surface area contributed by atoms with Crippen LogP contribution in [0.4, 0.5) is 5.69 Å². The minimum absolute atomic E-state index is 0.0205. The average Bonchev–Trinajstić information content (AvgIpc) is 3.32. The Morgan fingerprint density at radius 1 is 0.938 bits per heavy atom. The maximum atomic E-state index is 13.1. The second-order valence-electron chi connectivity index (χ2n) is 8.58. The normalized spacial score (nSPS) is 19.5. The van der Waals surface area contributed by atoms with Gasteiger partial charge in [-0.25, -0.2) is 0 Å². The SMILES string of the molecule is COC1CCN(c2ccc(C(=O)N3CCC(Oc4cccc5cccnc45)C3)cc2)CC1. The number of anilines is 1. The summed E-state index contributed by atoms with van der Waals surface area (Å²) in [6, 6.07) is 17.9. The smallest absolute Gasteiger partial charge is 0.253 e. The molecule has 5 rings (SSSR count). The lowest BCUT2D eigenvalue weighted by molar-refractivity contribution is 0.0773. The predicted molar refractivity (Wildman–Crippen MR) is 125 cm³/mol. The molecule has 0 aliphatic carbocycles. The summed E-state index contributed by atoms with van der Waals surface area (Å²) in [5, 5.41) is 1.06. The van der Waals surface area contributed by atoms with Crippen molar-refractivity contribution in [2.75, 3.05) is 38.2 Å². The van der Waals surface area contributed by atoms with Gasteiger partial charge in [-0.3, -0.25) is 9.78 Å². The monoisotopic (exact) mass is 431 g/mol. The lowest BCUT2D eigenvalue weighted by Crippen LogP contribution is -2.36. The summed E-state index contributed by atoms with van der Waals surface area (Å²) in [7, 11) is 1.79. The third-order valence-corrected chi connectivity index (χ3v) is 6.58. The number of aromatic nitrogens is 1. The standard InChI is InChI=1S/C26H29N3O3/c1-31-22-11-15-28(16-12-22)21-9-7-20(8-10-21)26(30)29-17-13-23(18-29)32-24-6-2-4-19-5-3-14-27-25(19)24/h2-10,14,22-23H,11-13,15-18H2,1H3. The zero-order valence-electron chi connectivity index (χ0n) is 18.4. The van der Waals surface area contributed by atoms with Crippen LogP contribution in [0.3, 0.4) is 0 Å². The average molecular weight is 432 g/mol. The molecule has 3 aromatic rings. The molecule has 2 saturated heterocycles. The van der Waals surface area contributed by atoms with Crippen LogP contribution in [0, 0.1) is 0 Å². The summed E-state index contributed by atoms with van der Waals surface area (Å²) in [5.74, 6) is 0.848. The number of carbonyl (C=O) groups is 1. The van der Waals surface area contributed by atoms with Gasteiger partial charge in [-0.1, -0.05) is 18.2 Å². The van der Waals surface area contributed by atoms with Crippen LogP contribution in [0.25, 0.3) is 10.9 Å². The van der Waals surface area contributed by atoms with E-state index < -0.39 is 0 Å². The molecule has 1 amide bonds. The third kappa shape index (κ3) is 4.28. The number of nitrogens with zero attached hydrogens (tertiary/aromatic N) is 3. The van der Waals surface area contributed by atoms with Gasteiger partial charge in [-0.2, -0.15) is 0 Å². The van der Waals surface area contributed by atoms with Gasteiger partial charge >= 0.3 is 0 Å². The van der Waals surface area contributed by atoms with Crippen molar-refractivity contribution in [2.45, 2.75) is 31.5 Å². The van der Waals surface area contributed by atoms with Crippen LogP contribution in [0.2, 0.25) is 0 Å². The molecule has 0 spiro atoms. The van der Waals surface area contributed by atoms with E-state index in [0.717, 1.165) is 54.6 Å². The van der Waals surface area contributed by atoms with Gasteiger partial charge in [0.2, 0.25) is 0 Å². The predicted octanol–water partition coefficient (Wildman–Crippen LogP) is 4.14. The molecule has 3 heterocycles. The second kappa shape index (κ2) is 9.17. The van der Waals surface area contributed by atoms with Crippen molar-refractivity contribution in [3.63, 3.8) is 0 Å². The molecule has 0 radical (unpaired) electrons. The van der Waals surface area contributed by atoms with E-state index in [1.54, 1.807) is 13.3 Å². The molecule has 32 heavy (non-hydrogen) atoms. The summed E-state index contributed by atoms with van der Waals surface area (Å²) in [6.07, 6.45) is 5.02. The van der Waals surface area contributed by atoms with Crippen LogP contribution in [-0.2, 0) is 4.74 Å². The quantitative estimate of drug-likeness (QED) is 0.608. The highest BCUT2D eigenvalue weighted by Gasteiger charge is 2.29. The van der Waals surface area contributed by atoms with Crippen LogP contribution in [0.1, 0.15) is 29.6 Å². The molecule has 1 unspecified atom stereocenters. The minimum Gasteiger partial charge on any atom is -0.486 e. The first-order valence-corrected chi connectivity index (χ1v) is 11.4. The van der Waals surface area contributed by atoms with Crippen LogP contribution in [-0.4, -0.2) is 61.3 Å². The van der Waals surface area contributed by atoms with Gasteiger partial charge in [0.25, 0.3) is 5.91 Å². The van der Waals surface area contributed by atoms with E-state index >= 15 is 0 Å². The van der Waals surface area contributed by atoms with E-state index in [4.69, 9.17) is 9.47 Å². The molecule has 2 aliphatic heterocycles. The van der Waals surface area contributed by atoms with Gasteiger partial charge in [0, 0.05) is 56.0 Å². The number of likely N-dealkylation sites (tertiary alicyclic amines) is 1. The highest BCUT2D eigenvalue weighted by Crippen LogP contribution is 2.27. The van der Waals surface area contributed by atoms with E-state index in [9.17, 15) is 4.79 Å². The minimum atomic E-state index is -0.0205. The summed E-state index contributed by atoms with van der Waals surface area (Å²) < 4.78 is 11.7. The van der Waals surface area contributed by atoms with Gasteiger partial charge in [0.1, 0.15) is 17.4 Å². The van der Waals surface area contributed by atoms with Crippen molar-refractivity contribution >= 4 is 22.5 Å². The fourth-order valence-corrected chi connectivity index (χ4v) is 4.71. The molecule has 1 atom stereocenters. The van der Waals surface area contributed by atoms with Crippen molar-refractivity contribution in [1.82, 2.24) is 9.88 Å². The lowest BCUT2D eigenvalue weighted by Gasteiger charge is -2.33. The Labute approximate surface area is 188 Å². The summed E-state index contributed by atoms with van der Waals surface area (Å²) in [4.78, 5) is 21.8. The van der Waals surface area contributed by atoms with Crippen LogP contribution in [0.5, 0.6) is 5.75 Å². The summed E-state index contributed by atoms with van der Waals surface area (Å²) >= 11 is 0. The third-order valence-electron chi connectivity index (χ3n) is 6.58. The van der Waals surface area contributed by atoms with Gasteiger partial charge in [0.05, 0.1) is 12.6 Å². The molecule has 1 aromatic heterocycles. The Bertz CT molecular complexity index is 1070. The Morgan fingerprint density at radius 3 is 2.47 bits per heavy atom. The summed E-state index contributed by atoms with van der Waals surface area (Å²) in [6.45, 7) is 3.27. The van der Waals surface area contributed by atoms with E-state index in [1.807, 2.05) is 47.4 Å². The first kappa shape index (κ1) is 20.8. The van der Waals surface area contributed by atoms with E-state index in [2.05, 4.69) is 22.0 Å². The van der Waals surface area contributed by atoms with Gasteiger partial charge in [-0.05, 0) is 49.2 Å². The van der Waals surface area contributed by atoms with Crippen LogP contribution in [0.15, 0.2) is 60.8 Å². The van der Waals surface area contributed by atoms with E-state index in [0.29, 0.717) is 19.2 Å². The molecule has 166 valence electrons. The maximum Gasteiger partial charge on any atom is 0.253 e. The number of rotatable bonds is 5. The molecular weight excluding hydrogens is 402 g/mol. The fourth-order valence-electron chi connectivity index (χ4n) is 4.71. The van der Waals surface area contributed by atoms with E-state index in [-0.39, 0.29) is 12.0 Å². The lowest BCUT2D eigenvalue weighted by atomic mass is 10.1. The zero-order valence-corrected chi connectivity index (χ0v) is 18.4. The Morgan fingerprint density at radius 2 is 1.69 bits per heavy atom. The largest absolute Gasteiger partial charge is 0.486 e. The number of pyridine rings is 1. The molecule has 6 heteroatoms. The molecule has 2 aliphatic rings. The van der Waals surface area contributed by atoms with Crippen molar-refractivity contribution in [1.29, 1.82) is 0 Å². The molecular formula is C26H29N3O3. The number of piperidine rings is 1. The zero-order chi connectivity index (χ0) is 21.9. The molecule has 2 aromatic carbocycles. The van der Waals surface area contributed by atoms with Crippen molar-refractivity contribution in [3.05, 3.63) is 66.4 Å². The highest BCUT2D eigenvalue weighted by atomic mass is 16.5. The number of benzene rings is 2. The number of fused-ring (bicyclic) bond motifs is 1. The van der Waals surface area contributed by atoms with Gasteiger partial charge in [0.15, 0.2) is 0 Å². The molecule has 0 N–H and O–H groups in total. The van der Waals surface area contributed by atoms with Crippen molar-refractivity contribution in [3.8, 4) is 5.75 Å². The molecule has 6 nitrogen and oxygen atoms in total. The first-order valence-electron chi connectivity index (χ1n) is 11.4. The highest BCUT2D eigenvalue weighted by molar-refractivity contribution is 5.94. The van der Waals surface area contributed by atoms with Gasteiger partial charge < -0.3 is 19.3 Å². The second-order valence-corrected chi connectivity index (χ2v) is 8.58. The molecule has 0 bridgehead atoms. The molecule has 0 saturated carbocycles.